The largest absolute Gasteiger partial charge is 0.482 e. The minimum absolute atomic E-state index is 0.0419. The Morgan fingerprint density at radius 2 is 2.03 bits per heavy atom. The molecule has 1 atom stereocenters. The summed E-state index contributed by atoms with van der Waals surface area (Å²) in [4.78, 5) is 27.2. The van der Waals surface area contributed by atoms with Crippen LogP contribution in [0.15, 0.2) is 42.6 Å². The van der Waals surface area contributed by atoms with Gasteiger partial charge in [0, 0.05) is 6.54 Å². The van der Waals surface area contributed by atoms with Gasteiger partial charge in [0.2, 0.25) is 0 Å². The van der Waals surface area contributed by atoms with Gasteiger partial charge in [-0.1, -0.05) is 23.7 Å². The molecule has 0 aliphatic carbocycles. The number of halogens is 5. The summed E-state index contributed by atoms with van der Waals surface area (Å²) in [7, 11) is 0. The smallest absolute Gasteiger partial charge is 0.422 e. The highest BCUT2D eigenvalue weighted by atomic mass is 35.5. The van der Waals surface area contributed by atoms with E-state index in [1.54, 1.807) is 6.07 Å². The summed E-state index contributed by atoms with van der Waals surface area (Å²) in [6.45, 7) is -1.46. The van der Waals surface area contributed by atoms with E-state index in [1.807, 2.05) is 0 Å². The first-order chi connectivity index (χ1) is 18.0. The summed E-state index contributed by atoms with van der Waals surface area (Å²) in [6, 6.07) is 8.57. The predicted molar refractivity (Wildman–Crippen MR) is 128 cm³/mol. The van der Waals surface area contributed by atoms with Crippen molar-refractivity contribution in [3.8, 4) is 11.4 Å². The molecule has 0 unspecified atom stereocenters. The number of likely N-dealkylation sites (tertiary alicyclic amines) is 1. The monoisotopic (exact) mass is 553 g/mol. The molecule has 38 heavy (non-hydrogen) atoms. The number of nitrogens with zero attached hydrogens (tertiary/aromatic N) is 3. The molecule has 9 nitrogen and oxygen atoms in total. The predicted octanol–water partition coefficient (Wildman–Crippen LogP) is 4.88. The number of amides is 2. The molecule has 1 saturated heterocycles. The molecule has 1 aromatic heterocycles. The number of aromatic nitrogens is 2. The number of carbonyl (C=O) groups excluding carboxylic acids is 2. The normalized spacial score (nSPS) is 19.1. The van der Waals surface area contributed by atoms with Crippen LogP contribution in [0.5, 0.6) is 5.75 Å². The lowest BCUT2D eigenvalue weighted by molar-refractivity contribution is -0.153. The molecule has 2 amide bonds. The highest BCUT2D eigenvalue weighted by Gasteiger charge is 2.49. The Hall–Kier alpha value is -4.00. The van der Waals surface area contributed by atoms with E-state index in [1.165, 1.54) is 41.4 Å². The highest BCUT2D eigenvalue weighted by molar-refractivity contribution is 6.31. The number of para-hydroxylation sites is 2. The minimum atomic E-state index is -4.56. The number of nitrogens with one attached hydrogen (secondary N) is 1. The number of rotatable bonds is 4. The first-order valence-electron chi connectivity index (χ1n) is 11.4. The van der Waals surface area contributed by atoms with Gasteiger partial charge >= 0.3 is 12.3 Å². The number of nitrogens with two attached hydrogens (primary N) is 1. The van der Waals surface area contributed by atoms with Crippen molar-refractivity contribution >= 4 is 35.1 Å². The summed E-state index contributed by atoms with van der Waals surface area (Å²) in [6.07, 6.45) is -3.57. The van der Waals surface area contributed by atoms with Crippen molar-refractivity contribution in [1.29, 1.82) is 0 Å². The second-order valence-corrected chi connectivity index (χ2v) is 9.26. The minimum Gasteiger partial charge on any atom is -0.482 e. The Bertz CT molecular complexity index is 1430. The van der Waals surface area contributed by atoms with Crippen LogP contribution in [0.4, 0.5) is 33.9 Å². The molecular weight excluding hydrogens is 534 g/mol. The van der Waals surface area contributed by atoms with Crippen molar-refractivity contribution in [1.82, 2.24) is 14.7 Å². The lowest BCUT2D eigenvalue weighted by Crippen LogP contribution is -2.53. The molecule has 2 aliphatic rings. The van der Waals surface area contributed by atoms with Gasteiger partial charge in [0.25, 0.3) is 5.91 Å². The number of hydrogen-bond donors (Lipinski definition) is 2. The van der Waals surface area contributed by atoms with E-state index in [2.05, 4.69) is 10.4 Å². The van der Waals surface area contributed by atoms with E-state index >= 15 is 4.39 Å². The van der Waals surface area contributed by atoms with E-state index in [0.29, 0.717) is 6.42 Å². The Balaban J connectivity index is 1.45. The number of carbonyl (C=O) groups is 2. The van der Waals surface area contributed by atoms with Crippen LogP contribution in [-0.2, 0) is 10.3 Å². The second-order valence-electron chi connectivity index (χ2n) is 8.85. The average molecular weight is 554 g/mol. The van der Waals surface area contributed by atoms with Gasteiger partial charge in [0.15, 0.2) is 18.0 Å². The van der Waals surface area contributed by atoms with Crippen LogP contribution in [-0.4, -0.2) is 52.6 Å². The van der Waals surface area contributed by atoms with Crippen molar-refractivity contribution < 1.29 is 36.6 Å². The quantitative estimate of drug-likeness (QED) is 0.445. The van der Waals surface area contributed by atoms with E-state index < -0.39 is 36.2 Å². The van der Waals surface area contributed by atoms with E-state index in [9.17, 15) is 22.8 Å². The molecule has 14 heteroatoms. The lowest BCUT2D eigenvalue weighted by atomic mass is 9.83. The first kappa shape index (κ1) is 25.6. The molecule has 2 aliphatic heterocycles. The van der Waals surface area contributed by atoms with Gasteiger partial charge in [-0.25, -0.2) is 13.9 Å². The first-order valence-corrected chi connectivity index (χ1v) is 11.8. The Morgan fingerprint density at radius 1 is 1.26 bits per heavy atom. The van der Waals surface area contributed by atoms with Gasteiger partial charge in [0.05, 0.1) is 29.0 Å². The number of ether oxygens (including phenoxy) is 2. The zero-order valence-electron chi connectivity index (χ0n) is 19.5. The van der Waals surface area contributed by atoms with E-state index in [4.69, 9.17) is 26.8 Å². The average Bonchev–Trinajstić information content (AvgIpc) is 3.25. The fraction of sp³-hybridized carbons (Fsp3) is 0.292. The van der Waals surface area contributed by atoms with E-state index in [-0.39, 0.29) is 58.6 Å². The molecule has 3 aromatic rings. The standard InChI is InChI=1S/C24H20ClF4N5O4/c25-14-6-7-15-18(19(14)26)23(38-22(36)32-15)8-3-9-33(11-23)21(35)13-10-31-34(20(13)30)16-4-1-2-5-17(16)37-12-24(27,28)29/h1-2,4-7,10H,3,8-9,11-12,30H2,(H,32,36)/t23-/m0/s1. The molecule has 200 valence electrons. The molecule has 0 saturated carbocycles. The molecule has 5 rings (SSSR count). The third-order valence-corrected chi connectivity index (χ3v) is 6.63. The fourth-order valence-electron chi connectivity index (χ4n) is 4.75. The van der Waals surface area contributed by atoms with Gasteiger partial charge in [-0.05, 0) is 37.1 Å². The molecule has 1 fully saturated rings. The molecule has 2 aromatic carbocycles. The molecule has 0 radical (unpaired) electrons. The highest BCUT2D eigenvalue weighted by Crippen LogP contribution is 2.45. The molecule has 3 heterocycles. The van der Waals surface area contributed by atoms with Crippen LogP contribution < -0.4 is 15.8 Å². The SMILES string of the molecule is Nc1c(C(=O)N2CCC[C@@]3(C2)OC(=O)Nc2ccc(Cl)c(F)c23)cnn1-c1ccccc1OCC(F)(F)F. The zero-order valence-corrected chi connectivity index (χ0v) is 20.3. The lowest BCUT2D eigenvalue weighted by Gasteiger charge is -2.45. The summed E-state index contributed by atoms with van der Waals surface area (Å²) in [5.41, 5.74) is 5.02. The number of alkyl halides is 3. The van der Waals surface area contributed by atoms with Crippen molar-refractivity contribution in [3.63, 3.8) is 0 Å². The van der Waals surface area contributed by atoms with Gasteiger partial charge in [-0.2, -0.15) is 18.3 Å². The summed E-state index contributed by atoms with van der Waals surface area (Å²) >= 11 is 6.00. The third kappa shape index (κ3) is 4.57. The maximum absolute atomic E-state index is 15.1. The molecule has 0 bridgehead atoms. The van der Waals surface area contributed by atoms with Crippen LogP contribution in [0.25, 0.3) is 5.69 Å². The maximum atomic E-state index is 15.1. The van der Waals surface area contributed by atoms with Crippen LogP contribution in [0.2, 0.25) is 5.02 Å². The van der Waals surface area contributed by atoms with Gasteiger partial charge < -0.3 is 20.1 Å². The Labute approximate surface area is 218 Å². The van der Waals surface area contributed by atoms with Crippen molar-refractivity contribution in [3.05, 3.63) is 64.6 Å². The zero-order chi connectivity index (χ0) is 27.2. The van der Waals surface area contributed by atoms with Gasteiger partial charge in [0.1, 0.15) is 22.8 Å². The second kappa shape index (κ2) is 9.39. The third-order valence-electron chi connectivity index (χ3n) is 6.34. The number of fused-ring (bicyclic) bond motifs is 2. The van der Waals surface area contributed by atoms with Gasteiger partial charge in [-0.15, -0.1) is 0 Å². The van der Waals surface area contributed by atoms with E-state index in [0.717, 1.165) is 4.68 Å². The van der Waals surface area contributed by atoms with Crippen LogP contribution in [0.3, 0.4) is 0 Å². The maximum Gasteiger partial charge on any atom is 0.422 e. The summed E-state index contributed by atoms with van der Waals surface area (Å²) in [5.74, 6) is -1.63. The van der Waals surface area contributed by atoms with Crippen molar-refractivity contribution in [2.24, 2.45) is 0 Å². The van der Waals surface area contributed by atoms with Gasteiger partial charge in [-0.3, -0.25) is 10.1 Å². The topological polar surface area (TPSA) is 112 Å². The van der Waals surface area contributed by atoms with Crippen molar-refractivity contribution in [2.75, 3.05) is 30.7 Å². The Kier molecular flexibility index (Phi) is 6.33. The molecule has 3 N–H and O–H groups in total. The number of nitrogen functional groups attached to an aromatic ring is 1. The summed E-state index contributed by atoms with van der Waals surface area (Å²) < 4.78 is 64.8. The Morgan fingerprint density at radius 3 is 2.79 bits per heavy atom. The fourth-order valence-corrected chi connectivity index (χ4v) is 4.90. The molecule has 1 spiro atoms. The summed E-state index contributed by atoms with van der Waals surface area (Å²) in [5, 5.41) is 6.38. The van der Waals surface area contributed by atoms with Crippen molar-refractivity contribution in [2.45, 2.75) is 24.6 Å². The number of benzene rings is 2. The molecular formula is C24H20ClF4N5O4. The van der Waals surface area contributed by atoms with Crippen LogP contribution in [0, 0.1) is 5.82 Å². The number of hydrogen-bond acceptors (Lipinski definition) is 6. The van der Waals surface area contributed by atoms with Crippen LogP contribution in [0.1, 0.15) is 28.8 Å². The number of piperidine rings is 1. The number of anilines is 2. The van der Waals surface area contributed by atoms with Crippen LogP contribution >= 0.6 is 11.6 Å².